The monoisotopic (exact) mass is 282 g/mol. The number of nitrogens with one attached hydrogen (secondary N) is 1. The maximum absolute atomic E-state index is 10.6. The second-order valence-corrected chi connectivity index (χ2v) is 6.07. The first kappa shape index (κ1) is 13.0. The molecule has 0 atom stereocenters. The summed E-state index contributed by atoms with van der Waals surface area (Å²) < 4.78 is 0. The third-order valence-corrected chi connectivity index (χ3v) is 4.76. The molecule has 0 spiro atoms. The molecule has 6 nitrogen and oxygen atoms in total. The van der Waals surface area contributed by atoms with Crippen molar-refractivity contribution in [2.45, 2.75) is 12.6 Å². The van der Waals surface area contributed by atoms with Gasteiger partial charge in [0.15, 0.2) is 0 Å². The molecule has 2 fully saturated rings. The highest BCUT2D eigenvalue weighted by Crippen LogP contribution is 2.25. The number of thiophene rings is 1. The molecule has 19 heavy (non-hydrogen) atoms. The molecule has 0 saturated carbocycles. The Balaban J connectivity index is 1.46. The van der Waals surface area contributed by atoms with Crippen LogP contribution in [0.1, 0.15) is 5.56 Å². The van der Waals surface area contributed by atoms with Crippen molar-refractivity contribution in [1.29, 1.82) is 0 Å². The van der Waals surface area contributed by atoms with Crippen molar-refractivity contribution in [3.63, 3.8) is 0 Å². The van der Waals surface area contributed by atoms with Crippen LogP contribution in [0.25, 0.3) is 0 Å². The van der Waals surface area contributed by atoms with Crippen LogP contribution in [0.2, 0.25) is 0 Å². The maximum Gasteiger partial charge on any atom is 0.324 e. The Bertz CT molecular complexity index is 452. The summed E-state index contributed by atoms with van der Waals surface area (Å²) in [6, 6.07) is 2.37. The van der Waals surface area contributed by atoms with Gasteiger partial charge < -0.3 is 5.32 Å². The molecule has 1 N–H and O–H groups in total. The zero-order valence-electron chi connectivity index (χ0n) is 10.7. The molecule has 1 aromatic heterocycles. The van der Waals surface area contributed by atoms with Gasteiger partial charge in [-0.1, -0.05) is 11.3 Å². The molecular formula is C12H18N4O2S. The van der Waals surface area contributed by atoms with Crippen LogP contribution in [0.4, 0.5) is 5.00 Å². The maximum atomic E-state index is 10.6. The second kappa shape index (κ2) is 5.54. The van der Waals surface area contributed by atoms with E-state index in [9.17, 15) is 10.1 Å². The van der Waals surface area contributed by atoms with Crippen molar-refractivity contribution in [2.75, 3.05) is 39.3 Å². The molecule has 0 bridgehead atoms. The van der Waals surface area contributed by atoms with Crippen LogP contribution >= 0.6 is 11.3 Å². The van der Waals surface area contributed by atoms with E-state index in [0.29, 0.717) is 6.04 Å². The zero-order valence-corrected chi connectivity index (χ0v) is 11.6. The van der Waals surface area contributed by atoms with Crippen LogP contribution in [0.5, 0.6) is 0 Å². The second-order valence-electron chi connectivity index (χ2n) is 5.18. The predicted octanol–water partition coefficient (Wildman–Crippen LogP) is 0.746. The van der Waals surface area contributed by atoms with Crippen molar-refractivity contribution in [3.05, 3.63) is 27.1 Å². The lowest BCUT2D eigenvalue weighted by molar-refractivity contribution is -0.380. The molecule has 2 saturated heterocycles. The molecule has 1 aromatic rings. The summed E-state index contributed by atoms with van der Waals surface area (Å²) in [5.74, 6) is 0. The molecule has 0 aromatic carbocycles. The Hall–Kier alpha value is -1.02. The number of hydrogen-bond donors (Lipinski definition) is 1. The fraction of sp³-hybridized carbons (Fsp3) is 0.667. The van der Waals surface area contributed by atoms with E-state index >= 15 is 0 Å². The molecule has 3 rings (SSSR count). The average molecular weight is 282 g/mol. The van der Waals surface area contributed by atoms with Crippen molar-refractivity contribution in [3.8, 4) is 0 Å². The van der Waals surface area contributed by atoms with Gasteiger partial charge in [-0.05, 0) is 5.56 Å². The molecular weight excluding hydrogens is 264 g/mol. The van der Waals surface area contributed by atoms with Gasteiger partial charge in [0.05, 0.1) is 4.92 Å². The van der Waals surface area contributed by atoms with Crippen LogP contribution in [0.15, 0.2) is 11.4 Å². The lowest BCUT2D eigenvalue weighted by Gasteiger charge is -2.46. The van der Waals surface area contributed by atoms with Gasteiger partial charge in [-0.15, -0.1) is 0 Å². The Labute approximate surface area is 116 Å². The lowest BCUT2D eigenvalue weighted by Crippen LogP contribution is -2.62. The standard InChI is InChI=1S/C12H18N4O2S/c17-16(18)12-5-10(9-19-12)6-14-7-11(8-14)15-3-1-13-2-4-15/h5,9,11,13H,1-4,6-8H2. The molecule has 0 unspecified atom stereocenters. The first-order valence-corrected chi connectivity index (χ1v) is 7.49. The highest BCUT2D eigenvalue weighted by Gasteiger charge is 2.32. The number of rotatable bonds is 4. The molecule has 3 heterocycles. The van der Waals surface area contributed by atoms with Crippen molar-refractivity contribution in [1.82, 2.24) is 15.1 Å². The SMILES string of the molecule is O=[N+]([O-])c1cc(CN2CC(N3CCNCC3)C2)cs1. The van der Waals surface area contributed by atoms with E-state index in [2.05, 4.69) is 15.1 Å². The molecule has 7 heteroatoms. The van der Waals surface area contributed by atoms with E-state index in [-0.39, 0.29) is 9.92 Å². The molecule has 0 radical (unpaired) electrons. The number of piperazine rings is 1. The zero-order chi connectivity index (χ0) is 13.2. The van der Waals surface area contributed by atoms with Crippen LogP contribution < -0.4 is 5.32 Å². The van der Waals surface area contributed by atoms with Gasteiger partial charge in [-0.2, -0.15) is 0 Å². The third kappa shape index (κ3) is 2.94. The first-order chi connectivity index (χ1) is 9.22. The minimum absolute atomic E-state index is 0.245. The minimum atomic E-state index is -0.312. The molecule has 0 amide bonds. The number of hydrogen-bond acceptors (Lipinski definition) is 6. The highest BCUT2D eigenvalue weighted by molar-refractivity contribution is 7.13. The van der Waals surface area contributed by atoms with E-state index in [1.165, 1.54) is 11.3 Å². The Morgan fingerprint density at radius 2 is 2.16 bits per heavy atom. The van der Waals surface area contributed by atoms with Gasteiger partial charge in [0.1, 0.15) is 0 Å². The van der Waals surface area contributed by atoms with Crippen LogP contribution in [-0.4, -0.2) is 60.0 Å². The Morgan fingerprint density at radius 1 is 1.42 bits per heavy atom. The first-order valence-electron chi connectivity index (χ1n) is 6.61. The fourth-order valence-electron chi connectivity index (χ4n) is 2.75. The topological polar surface area (TPSA) is 61.7 Å². The van der Waals surface area contributed by atoms with E-state index in [1.54, 1.807) is 6.07 Å². The van der Waals surface area contributed by atoms with Gasteiger partial charge in [-0.25, -0.2) is 0 Å². The Morgan fingerprint density at radius 3 is 2.79 bits per heavy atom. The normalized spacial score (nSPS) is 22.3. The smallest absolute Gasteiger partial charge is 0.314 e. The number of nitrogens with zero attached hydrogens (tertiary/aromatic N) is 3. The minimum Gasteiger partial charge on any atom is -0.314 e. The van der Waals surface area contributed by atoms with Crippen molar-refractivity contribution in [2.24, 2.45) is 0 Å². The van der Waals surface area contributed by atoms with Gasteiger partial charge in [-0.3, -0.25) is 19.9 Å². The summed E-state index contributed by atoms with van der Waals surface area (Å²) in [6.45, 7) is 7.48. The van der Waals surface area contributed by atoms with Crippen LogP contribution in [0, 0.1) is 10.1 Å². The van der Waals surface area contributed by atoms with E-state index in [4.69, 9.17) is 0 Å². The number of likely N-dealkylation sites (tertiary alicyclic amines) is 1. The number of nitro groups is 1. The quantitative estimate of drug-likeness (QED) is 0.652. The molecule has 2 aliphatic rings. The summed E-state index contributed by atoms with van der Waals surface area (Å²) in [5.41, 5.74) is 1.07. The van der Waals surface area contributed by atoms with E-state index < -0.39 is 0 Å². The van der Waals surface area contributed by atoms with Crippen LogP contribution in [0.3, 0.4) is 0 Å². The van der Waals surface area contributed by atoms with Crippen molar-refractivity contribution >= 4 is 16.3 Å². The molecule has 104 valence electrons. The third-order valence-electron chi connectivity index (χ3n) is 3.83. The summed E-state index contributed by atoms with van der Waals surface area (Å²) >= 11 is 1.22. The van der Waals surface area contributed by atoms with Gasteiger partial charge in [0.25, 0.3) is 0 Å². The lowest BCUT2D eigenvalue weighted by atomic mass is 10.1. The summed E-state index contributed by atoms with van der Waals surface area (Å²) in [7, 11) is 0. The fourth-order valence-corrected chi connectivity index (χ4v) is 3.47. The predicted molar refractivity (Wildman–Crippen MR) is 74.5 cm³/mol. The summed E-state index contributed by atoms with van der Waals surface area (Å²) in [6.07, 6.45) is 0. The largest absolute Gasteiger partial charge is 0.324 e. The Kier molecular flexibility index (Phi) is 3.79. The van der Waals surface area contributed by atoms with Gasteiger partial charge >= 0.3 is 5.00 Å². The summed E-state index contributed by atoms with van der Waals surface area (Å²) in [5, 5.41) is 16.1. The molecule has 0 aliphatic carbocycles. The van der Waals surface area contributed by atoms with Gasteiger partial charge in [0, 0.05) is 63.3 Å². The van der Waals surface area contributed by atoms with E-state index in [0.717, 1.165) is 51.4 Å². The highest BCUT2D eigenvalue weighted by atomic mass is 32.1. The summed E-state index contributed by atoms with van der Waals surface area (Å²) in [4.78, 5) is 15.2. The molecule has 2 aliphatic heterocycles. The van der Waals surface area contributed by atoms with Gasteiger partial charge in [0.2, 0.25) is 0 Å². The van der Waals surface area contributed by atoms with E-state index in [1.807, 2.05) is 5.38 Å². The van der Waals surface area contributed by atoms with Crippen molar-refractivity contribution < 1.29 is 4.92 Å². The van der Waals surface area contributed by atoms with Crippen LogP contribution in [-0.2, 0) is 6.54 Å². The average Bonchev–Trinajstić information content (AvgIpc) is 2.83.